The second-order valence-corrected chi connectivity index (χ2v) is 5.02. The molecule has 0 bridgehead atoms. The van der Waals surface area contributed by atoms with Crippen LogP contribution in [0.1, 0.15) is 45.4 Å². The van der Waals surface area contributed by atoms with Crippen LogP contribution in [0.25, 0.3) is 0 Å². The first-order chi connectivity index (χ1) is 7.72. The van der Waals surface area contributed by atoms with Gasteiger partial charge in [0.1, 0.15) is 11.7 Å². The van der Waals surface area contributed by atoms with Gasteiger partial charge in [0.05, 0.1) is 6.61 Å². The Hall–Kier alpha value is -0.860. The third-order valence-corrected chi connectivity index (χ3v) is 4.03. The Morgan fingerprint density at radius 1 is 1.31 bits per heavy atom. The zero-order chi connectivity index (χ0) is 11.5. The first-order valence-corrected chi connectivity index (χ1v) is 6.41. The molecule has 2 aliphatic carbocycles. The number of hydrogen-bond acceptors (Lipinski definition) is 3. The zero-order valence-electron chi connectivity index (χ0n) is 9.91. The van der Waals surface area contributed by atoms with Gasteiger partial charge >= 0.3 is 5.97 Å². The van der Waals surface area contributed by atoms with Crippen molar-refractivity contribution in [3.63, 3.8) is 0 Å². The van der Waals surface area contributed by atoms with Crippen molar-refractivity contribution in [1.29, 1.82) is 0 Å². The summed E-state index contributed by atoms with van der Waals surface area (Å²) in [5.41, 5.74) is 0. The van der Waals surface area contributed by atoms with Crippen molar-refractivity contribution in [1.82, 2.24) is 0 Å². The van der Waals surface area contributed by atoms with Crippen LogP contribution < -0.4 is 0 Å². The lowest BCUT2D eigenvalue weighted by atomic mass is 9.67. The Morgan fingerprint density at radius 3 is 2.69 bits per heavy atom. The summed E-state index contributed by atoms with van der Waals surface area (Å²) < 4.78 is 4.97. The maximum absolute atomic E-state index is 11.9. The van der Waals surface area contributed by atoms with Gasteiger partial charge in [-0.05, 0) is 31.6 Å². The van der Waals surface area contributed by atoms with Crippen molar-refractivity contribution in [3.05, 3.63) is 0 Å². The largest absolute Gasteiger partial charge is 0.465 e. The Bertz CT molecular complexity index is 285. The molecular formula is C13H20O3. The molecule has 16 heavy (non-hydrogen) atoms. The smallest absolute Gasteiger partial charge is 0.316 e. The zero-order valence-corrected chi connectivity index (χ0v) is 9.91. The number of ketones is 1. The highest BCUT2D eigenvalue weighted by atomic mass is 16.5. The predicted octanol–water partition coefficient (Wildman–Crippen LogP) is 2.33. The summed E-state index contributed by atoms with van der Waals surface area (Å²) in [6.07, 6.45) is 6.21. The van der Waals surface area contributed by atoms with Crippen LogP contribution >= 0.6 is 0 Å². The Labute approximate surface area is 96.5 Å². The Balaban J connectivity index is 2.00. The van der Waals surface area contributed by atoms with Gasteiger partial charge in [0, 0.05) is 6.42 Å². The lowest BCUT2D eigenvalue weighted by Gasteiger charge is -2.37. The fraction of sp³-hybridized carbons (Fsp3) is 0.846. The molecule has 0 radical (unpaired) electrons. The first kappa shape index (κ1) is 11.6. The van der Waals surface area contributed by atoms with E-state index in [1.165, 1.54) is 25.7 Å². The van der Waals surface area contributed by atoms with Crippen LogP contribution in [-0.4, -0.2) is 18.4 Å². The van der Waals surface area contributed by atoms with E-state index in [-0.39, 0.29) is 11.8 Å². The molecule has 0 amide bonds. The minimum Gasteiger partial charge on any atom is -0.465 e. The fourth-order valence-corrected chi connectivity index (χ4v) is 3.17. The molecule has 3 heteroatoms. The van der Waals surface area contributed by atoms with Crippen molar-refractivity contribution >= 4 is 11.8 Å². The molecule has 2 rings (SSSR count). The summed E-state index contributed by atoms with van der Waals surface area (Å²) in [5.74, 6) is 0.491. The van der Waals surface area contributed by atoms with Crippen LogP contribution in [0.2, 0.25) is 0 Å². The molecule has 2 fully saturated rings. The minimum absolute atomic E-state index is 0.113. The van der Waals surface area contributed by atoms with Crippen LogP contribution in [0, 0.1) is 17.8 Å². The van der Waals surface area contributed by atoms with Crippen LogP contribution in [0.15, 0.2) is 0 Å². The fourth-order valence-electron chi connectivity index (χ4n) is 3.17. The molecule has 0 aromatic heterocycles. The van der Waals surface area contributed by atoms with Gasteiger partial charge in [0.2, 0.25) is 0 Å². The molecule has 0 N–H and O–H groups in total. The van der Waals surface area contributed by atoms with Gasteiger partial charge in [-0.1, -0.05) is 19.3 Å². The van der Waals surface area contributed by atoms with E-state index >= 15 is 0 Å². The predicted molar refractivity (Wildman–Crippen MR) is 59.8 cm³/mol. The van der Waals surface area contributed by atoms with Crippen molar-refractivity contribution in [2.75, 3.05) is 6.61 Å². The summed E-state index contributed by atoms with van der Waals surface area (Å²) in [4.78, 5) is 23.5. The van der Waals surface area contributed by atoms with Gasteiger partial charge in [-0.2, -0.15) is 0 Å². The molecular weight excluding hydrogens is 204 g/mol. The second-order valence-electron chi connectivity index (χ2n) is 5.02. The quantitative estimate of drug-likeness (QED) is 0.534. The van der Waals surface area contributed by atoms with Crippen LogP contribution in [0.5, 0.6) is 0 Å². The van der Waals surface area contributed by atoms with E-state index in [1.807, 2.05) is 0 Å². The average Bonchev–Trinajstić information content (AvgIpc) is 2.28. The monoisotopic (exact) mass is 224 g/mol. The van der Waals surface area contributed by atoms with Crippen molar-refractivity contribution in [2.45, 2.75) is 45.4 Å². The molecule has 0 saturated heterocycles. The lowest BCUT2D eigenvalue weighted by molar-refractivity contribution is -0.154. The topological polar surface area (TPSA) is 43.4 Å². The third kappa shape index (κ3) is 2.28. The molecule has 0 unspecified atom stereocenters. The summed E-state index contributed by atoms with van der Waals surface area (Å²) in [7, 11) is 0. The maximum Gasteiger partial charge on any atom is 0.316 e. The summed E-state index contributed by atoms with van der Waals surface area (Å²) >= 11 is 0. The van der Waals surface area contributed by atoms with Crippen LogP contribution in [0.4, 0.5) is 0 Å². The number of rotatable bonds is 2. The normalized spacial score (nSPS) is 34.3. The average molecular weight is 224 g/mol. The molecule has 3 nitrogen and oxygen atoms in total. The number of esters is 1. The van der Waals surface area contributed by atoms with E-state index in [0.717, 1.165) is 6.42 Å². The van der Waals surface area contributed by atoms with Gasteiger partial charge in [0.25, 0.3) is 0 Å². The molecule has 0 aromatic rings. The molecule has 0 aliphatic heterocycles. The van der Waals surface area contributed by atoms with Gasteiger partial charge in [0.15, 0.2) is 0 Å². The molecule has 2 saturated carbocycles. The van der Waals surface area contributed by atoms with E-state index in [9.17, 15) is 9.59 Å². The number of fused-ring (bicyclic) bond motifs is 1. The molecule has 0 aromatic carbocycles. The molecule has 0 spiro atoms. The van der Waals surface area contributed by atoms with Crippen molar-refractivity contribution in [2.24, 2.45) is 17.8 Å². The maximum atomic E-state index is 11.9. The number of hydrogen-bond donors (Lipinski definition) is 0. The van der Waals surface area contributed by atoms with E-state index < -0.39 is 5.92 Å². The van der Waals surface area contributed by atoms with E-state index in [0.29, 0.717) is 24.9 Å². The van der Waals surface area contributed by atoms with Crippen molar-refractivity contribution in [3.8, 4) is 0 Å². The molecule has 2 aliphatic rings. The highest BCUT2D eigenvalue weighted by Crippen LogP contribution is 2.41. The lowest BCUT2D eigenvalue weighted by Crippen LogP contribution is -2.38. The minimum atomic E-state index is -0.459. The third-order valence-electron chi connectivity index (χ3n) is 4.03. The Kier molecular flexibility index (Phi) is 3.62. The van der Waals surface area contributed by atoms with Gasteiger partial charge < -0.3 is 4.74 Å². The highest BCUT2D eigenvalue weighted by Gasteiger charge is 2.40. The first-order valence-electron chi connectivity index (χ1n) is 6.41. The van der Waals surface area contributed by atoms with E-state index in [1.54, 1.807) is 6.92 Å². The summed E-state index contributed by atoms with van der Waals surface area (Å²) in [6.45, 7) is 2.16. The molecule has 0 heterocycles. The highest BCUT2D eigenvalue weighted by molar-refractivity contribution is 5.99. The number of carbonyl (C=O) groups excluding carboxylic acids is 2. The van der Waals surface area contributed by atoms with Gasteiger partial charge in [-0.15, -0.1) is 0 Å². The number of ether oxygens (including phenoxy) is 1. The molecule has 90 valence electrons. The van der Waals surface area contributed by atoms with E-state index in [2.05, 4.69) is 0 Å². The number of Topliss-reactive ketones (excluding diaryl/α,β-unsaturated/α-hetero) is 1. The summed E-state index contributed by atoms with van der Waals surface area (Å²) in [5, 5.41) is 0. The Morgan fingerprint density at radius 2 is 2.00 bits per heavy atom. The SMILES string of the molecule is CCOC(=O)[C@H]1C[C@H]2CCCC[C@@H]2CC1=O. The summed E-state index contributed by atoms with van der Waals surface area (Å²) in [6, 6.07) is 0. The van der Waals surface area contributed by atoms with Crippen LogP contribution in [-0.2, 0) is 14.3 Å². The van der Waals surface area contributed by atoms with Gasteiger partial charge in [-0.25, -0.2) is 0 Å². The number of carbonyl (C=O) groups is 2. The standard InChI is InChI=1S/C13H20O3/c1-2-16-13(15)11-7-9-5-3-4-6-10(9)8-12(11)14/h9-11H,2-8H2,1H3/t9-,10-,11+/m1/s1. The second kappa shape index (κ2) is 4.98. The van der Waals surface area contributed by atoms with Gasteiger partial charge in [-0.3, -0.25) is 9.59 Å². The van der Waals surface area contributed by atoms with Crippen LogP contribution in [0.3, 0.4) is 0 Å². The molecule has 3 atom stereocenters. The van der Waals surface area contributed by atoms with E-state index in [4.69, 9.17) is 4.74 Å². The van der Waals surface area contributed by atoms with Crippen molar-refractivity contribution < 1.29 is 14.3 Å².